The van der Waals surface area contributed by atoms with E-state index in [2.05, 4.69) is 4.98 Å². The number of nitrogens with zero attached hydrogens (tertiary/aromatic N) is 1. The van der Waals surface area contributed by atoms with Gasteiger partial charge in [-0.25, -0.2) is 17.8 Å². The van der Waals surface area contributed by atoms with Gasteiger partial charge in [0, 0.05) is 17.2 Å². The molecule has 1 fully saturated rings. The minimum atomic E-state index is -3.98. The fourth-order valence-electron chi connectivity index (χ4n) is 2.93. The van der Waals surface area contributed by atoms with Crippen molar-refractivity contribution in [3.63, 3.8) is 0 Å². The maximum absolute atomic E-state index is 15.2. The summed E-state index contributed by atoms with van der Waals surface area (Å²) in [5.74, 6) is -1.38. The highest BCUT2D eigenvalue weighted by molar-refractivity contribution is 7.90. The SMILES string of the molecule is COc1ncc(Cl)cc1S(=O)(=O)Cc1cccc(B2OC(C)(C)C(C)(C)O2)c1F. The fraction of sp³-hybridized carbons (Fsp3) is 0.421. The number of hydrogen-bond acceptors (Lipinski definition) is 6. The van der Waals surface area contributed by atoms with Crippen molar-refractivity contribution in [3.05, 3.63) is 46.9 Å². The molecule has 10 heteroatoms. The summed E-state index contributed by atoms with van der Waals surface area (Å²) in [6, 6.07) is 5.74. The number of aromatic nitrogens is 1. The molecular weight excluding hydrogens is 420 g/mol. The number of benzene rings is 1. The van der Waals surface area contributed by atoms with Crippen molar-refractivity contribution in [2.75, 3.05) is 7.11 Å². The molecule has 1 aliphatic rings. The highest BCUT2D eigenvalue weighted by Crippen LogP contribution is 2.37. The van der Waals surface area contributed by atoms with Crippen molar-refractivity contribution in [1.82, 2.24) is 4.98 Å². The van der Waals surface area contributed by atoms with Gasteiger partial charge in [-0.15, -0.1) is 0 Å². The van der Waals surface area contributed by atoms with E-state index in [0.717, 1.165) is 0 Å². The molecule has 0 radical (unpaired) electrons. The molecule has 0 atom stereocenters. The van der Waals surface area contributed by atoms with Gasteiger partial charge >= 0.3 is 7.12 Å². The standard InChI is InChI=1S/C19H22BClFNO5S/c1-18(2)19(3,4)28-20(27-18)14-8-6-7-12(16(14)22)11-29(24,25)15-9-13(21)10-23-17(15)26-5/h6-10H,11H2,1-5H3. The van der Waals surface area contributed by atoms with E-state index in [1.165, 1.54) is 31.5 Å². The lowest BCUT2D eigenvalue weighted by Gasteiger charge is -2.32. The Morgan fingerprint density at radius 1 is 1.21 bits per heavy atom. The molecule has 3 rings (SSSR count). The van der Waals surface area contributed by atoms with Gasteiger partial charge < -0.3 is 14.0 Å². The van der Waals surface area contributed by atoms with E-state index < -0.39 is 39.7 Å². The van der Waals surface area contributed by atoms with Crippen molar-refractivity contribution in [1.29, 1.82) is 0 Å². The van der Waals surface area contributed by atoms with E-state index >= 15 is 4.39 Å². The van der Waals surface area contributed by atoms with Crippen LogP contribution in [0.25, 0.3) is 0 Å². The summed E-state index contributed by atoms with van der Waals surface area (Å²) in [5.41, 5.74) is -1.16. The van der Waals surface area contributed by atoms with Crippen LogP contribution in [0.3, 0.4) is 0 Å². The Balaban J connectivity index is 1.96. The van der Waals surface area contributed by atoms with Gasteiger partial charge in [0.2, 0.25) is 5.88 Å². The molecule has 0 bridgehead atoms. The van der Waals surface area contributed by atoms with Gasteiger partial charge in [0.15, 0.2) is 9.84 Å². The molecule has 0 amide bonds. The second-order valence-electron chi connectivity index (χ2n) is 7.83. The first-order valence-corrected chi connectivity index (χ1v) is 11.0. The summed E-state index contributed by atoms with van der Waals surface area (Å²) in [5, 5.41) is 0.135. The molecule has 0 unspecified atom stereocenters. The van der Waals surface area contributed by atoms with Crippen LogP contribution in [0.15, 0.2) is 35.4 Å². The maximum Gasteiger partial charge on any atom is 0.497 e. The first-order valence-electron chi connectivity index (χ1n) is 8.93. The van der Waals surface area contributed by atoms with Crippen LogP contribution in [0.5, 0.6) is 5.88 Å². The van der Waals surface area contributed by atoms with Crippen LogP contribution in [-0.4, -0.2) is 38.8 Å². The van der Waals surface area contributed by atoms with Crippen molar-refractivity contribution < 1.29 is 26.9 Å². The number of halogens is 2. The van der Waals surface area contributed by atoms with Crippen LogP contribution in [0.1, 0.15) is 33.3 Å². The molecule has 1 aromatic heterocycles. The summed E-state index contributed by atoms with van der Waals surface area (Å²) in [7, 11) is -3.62. The Hall–Kier alpha value is -1.68. The summed E-state index contributed by atoms with van der Waals surface area (Å²) < 4.78 is 57.9. The summed E-state index contributed by atoms with van der Waals surface area (Å²) in [6.07, 6.45) is 1.28. The first-order chi connectivity index (χ1) is 13.4. The van der Waals surface area contributed by atoms with Crippen LogP contribution in [0.4, 0.5) is 4.39 Å². The fourth-order valence-corrected chi connectivity index (χ4v) is 4.65. The zero-order valence-corrected chi connectivity index (χ0v) is 18.4. The van der Waals surface area contributed by atoms with Gasteiger partial charge in [-0.1, -0.05) is 29.8 Å². The third-order valence-electron chi connectivity index (χ3n) is 5.27. The highest BCUT2D eigenvalue weighted by atomic mass is 35.5. The van der Waals surface area contributed by atoms with Crippen LogP contribution in [0, 0.1) is 5.82 Å². The Morgan fingerprint density at radius 3 is 2.41 bits per heavy atom. The molecule has 2 aromatic rings. The monoisotopic (exact) mass is 441 g/mol. The molecule has 0 saturated carbocycles. The summed E-state index contributed by atoms with van der Waals surface area (Å²) in [6.45, 7) is 7.44. The number of rotatable bonds is 5. The quantitative estimate of drug-likeness (QED) is 0.664. The molecule has 29 heavy (non-hydrogen) atoms. The average Bonchev–Trinajstić information content (AvgIpc) is 2.84. The van der Waals surface area contributed by atoms with Crippen LogP contribution in [-0.2, 0) is 24.9 Å². The van der Waals surface area contributed by atoms with Gasteiger partial charge in [0.25, 0.3) is 0 Å². The van der Waals surface area contributed by atoms with Crippen LogP contribution < -0.4 is 10.2 Å². The second kappa shape index (κ2) is 7.54. The Morgan fingerprint density at radius 2 is 1.83 bits per heavy atom. The molecule has 0 aliphatic carbocycles. The maximum atomic E-state index is 15.2. The van der Waals surface area contributed by atoms with Gasteiger partial charge in [-0.3, -0.25) is 0 Å². The van der Waals surface area contributed by atoms with Gasteiger partial charge in [-0.2, -0.15) is 0 Å². The average molecular weight is 442 g/mol. The van der Waals surface area contributed by atoms with Crippen molar-refractivity contribution >= 4 is 34.0 Å². The highest BCUT2D eigenvalue weighted by Gasteiger charge is 2.52. The van der Waals surface area contributed by atoms with E-state index in [1.807, 2.05) is 27.7 Å². The molecule has 6 nitrogen and oxygen atoms in total. The largest absolute Gasteiger partial charge is 0.497 e. The predicted molar refractivity (Wildman–Crippen MR) is 109 cm³/mol. The Bertz CT molecular complexity index is 1030. The molecule has 1 saturated heterocycles. The van der Waals surface area contributed by atoms with E-state index in [-0.39, 0.29) is 26.8 Å². The Kier molecular flexibility index (Phi) is 5.72. The molecular formula is C19H22BClFNO5S. The van der Waals surface area contributed by atoms with E-state index in [4.69, 9.17) is 25.6 Å². The molecule has 2 heterocycles. The smallest absolute Gasteiger partial charge is 0.480 e. The third-order valence-corrected chi connectivity index (χ3v) is 7.13. The number of hydrogen-bond donors (Lipinski definition) is 0. The minimum absolute atomic E-state index is 0.0146. The van der Waals surface area contributed by atoms with Crippen LogP contribution in [0.2, 0.25) is 5.02 Å². The van der Waals surface area contributed by atoms with Crippen LogP contribution >= 0.6 is 11.6 Å². The van der Waals surface area contributed by atoms with E-state index in [1.54, 1.807) is 6.07 Å². The molecule has 1 aromatic carbocycles. The zero-order valence-electron chi connectivity index (χ0n) is 16.8. The van der Waals surface area contributed by atoms with Gasteiger partial charge in [0.1, 0.15) is 10.7 Å². The van der Waals surface area contributed by atoms with E-state index in [9.17, 15) is 8.42 Å². The number of sulfone groups is 1. The summed E-state index contributed by atoms with van der Waals surface area (Å²) >= 11 is 5.89. The molecule has 0 N–H and O–H groups in total. The van der Waals surface area contributed by atoms with Crippen molar-refractivity contribution in [2.24, 2.45) is 0 Å². The molecule has 1 aliphatic heterocycles. The summed E-state index contributed by atoms with van der Waals surface area (Å²) in [4.78, 5) is 3.67. The lowest BCUT2D eigenvalue weighted by molar-refractivity contribution is 0.00578. The van der Waals surface area contributed by atoms with E-state index in [0.29, 0.717) is 0 Å². The normalized spacial score (nSPS) is 18.1. The zero-order chi connectivity index (χ0) is 21.6. The van der Waals surface area contributed by atoms with Gasteiger partial charge in [0.05, 0.1) is 29.1 Å². The number of pyridine rings is 1. The first kappa shape index (κ1) is 22.0. The number of ether oxygens (including phenoxy) is 1. The van der Waals surface area contributed by atoms with Gasteiger partial charge in [-0.05, 0) is 33.8 Å². The third kappa shape index (κ3) is 4.14. The van der Waals surface area contributed by atoms with Crippen molar-refractivity contribution in [3.8, 4) is 5.88 Å². The predicted octanol–water partition coefficient (Wildman–Crippen LogP) is 3.16. The second-order valence-corrected chi connectivity index (χ2v) is 10.2. The molecule has 0 spiro atoms. The van der Waals surface area contributed by atoms with Crippen molar-refractivity contribution in [2.45, 2.75) is 49.5 Å². The Labute approximate surface area is 175 Å². The topological polar surface area (TPSA) is 74.7 Å². The lowest BCUT2D eigenvalue weighted by Crippen LogP contribution is -2.41. The number of methoxy groups -OCH3 is 1. The minimum Gasteiger partial charge on any atom is -0.480 e. The molecule has 156 valence electrons. The lowest BCUT2D eigenvalue weighted by atomic mass is 9.78.